The van der Waals surface area contributed by atoms with Gasteiger partial charge in [0, 0.05) is 13.5 Å². The van der Waals surface area contributed by atoms with Crippen molar-refractivity contribution < 1.29 is 9.69 Å². The van der Waals surface area contributed by atoms with E-state index in [1.165, 1.54) is 16.0 Å². The molecule has 0 saturated heterocycles. The van der Waals surface area contributed by atoms with E-state index < -0.39 is 0 Å². The number of amides is 1. The van der Waals surface area contributed by atoms with Gasteiger partial charge in [-0.25, -0.2) is 0 Å². The highest BCUT2D eigenvalue weighted by atomic mass is 16.2. The first-order valence-corrected chi connectivity index (χ1v) is 6.53. The van der Waals surface area contributed by atoms with Crippen LogP contribution >= 0.6 is 0 Å². The van der Waals surface area contributed by atoms with E-state index in [9.17, 15) is 4.79 Å². The molecule has 3 heteroatoms. The molecule has 18 heavy (non-hydrogen) atoms. The predicted molar refractivity (Wildman–Crippen MR) is 73.3 cm³/mol. The van der Waals surface area contributed by atoms with Gasteiger partial charge in [0.1, 0.15) is 0 Å². The van der Waals surface area contributed by atoms with E-state index in [1.54, 1.807) is 7.05 Å². The van der Waals surface area contributed by atoms with Crippen molar-refractivity contribution in [1.29, 1.82) is 0 Å². The molecule has 1 amide bonds. The molecule has 1 unspecified atom stereocenters. The minimum Gasteiger partial charge on any atom is -0.354 e. The summed E-state index contributed by atoms with van der Waals surface area (Å²) in [6, 6.07) is 10.5. The van der Waals surface area contributed by atoms with E-state index in [0.717, 1.165) is 19.5 Å². The maximum atomic E-state index is 11.6. The molecule has 2 rings (SSSR count). The molecule has 1 aliphatic rings. The van der Waals surface area contributed by atoms with Gasteiger partial charge >= 0.3 is 0 Å². The van der Waals surface area contributed by atoms with Crippen molar-refractivity contribution >= 4 is 11.5 Å². The summed E-state index contributed by atoms with van der Waals surface area (Å²) in [6.45, 7) is 3.95. The van der Waals surface area contributed by atoms with Gasteiger partial charge in [-0.1, -0.05) is 30.3 Å². The first-order chi connectivity index (χ1) is 8.72. The van der Waals surface area contributed by atoms with E-state index in [0.29, 0.717) is 0 Å². The quantitative estimate of drug-likeness (QED) is 0.798. The number of carbonyl (C=O) groups excluding carboxylic acids is 1. The lowest BCUT2D eigenvalue weighted by molar-refractivity contribution is -0.909. The van der Waals surface area contributed by atoms with E-state index in [1.807, 2.05) is 13.0 Å². The van der Waals surface area contributed by atoms with E-state index in [-0.39, 0.29) is 11.9 Å². The molecule has 1 heterocycles. The first kappa shape index (κ1) is 12.8. The zero-order chi connectivity index (χ0) is 13.0. The maximum absolute atomic E-state index is 11.6. The Kier molecular flexibility index (Phi) is 4.15. The Morgan fingerprint density at radius 3 is 2.61 bits per heavy atom. The van der Waals surface area contributed by atoms with Gasteiger partial charge in [-0.05, 0) is 24.1 Å². The number of likely N-dealkylation sites (N-methyl/N-ethyl adjacent to an activating group) is 1. The molecule has 0 fully saturated rings. The normalized spacial score (nSPS) is 21.0. The largest absolute Gasteiger partial charge is 0.354 e. The van der Waals surface area contributed by atoms with E-state index in [2.05, 4.69) is 35.7 Å². The molecule has 0 spiro atoms. The van der Waals surface area contributed by atoms with Crippen LogP contribution in [-0.4, -0.2) is 32.1 Å². The molecular formula is C15H21N2O+. The second-order valence-corrected chi connectivity index (χ2v) is 4.79. The Bertz CT molecular complexity index is 439. The third-order valence-electron chi connectivity index (χ3n) is 3.72. The van der Waals surface area contributed by atoms with Crippen molar-refractivity contribution in [1.82, 2.24) is 5.32 Å². The zero-order valence-corrected chi connectivity index (χ0v) is 11.1. The van der Waals surface area contributed by atoms with Gasteiger partial charge in [0.2, 0.25) is 0 Å². The Hall–Kier alpha value is -1.61. The minimum atomic E-state index is 0.0311. The van der Waals surface area contributed by atoms with Crippen LogP contribution in [0, 0.1) is 0 Å². The van der Waals surface area contributed by atoms with Crippen LogP contribution in [0.1, 0.15) is 18.9 Å². The lowest BCUT2D eigenvalue weighted by Gasteiger charge is -2.27. The van der Waals surface area contributed by atoms with Crippen LogP contribution in [-0.2, 0) is 4.79 Å². The van der Waals surface area contributed by atoms with E-state index in [4.69, 9.17) is 0 Å². The summed E-state index contributed by atoms with van der Waals surface area (Å²) in [5.41, 5.74) is 2.72. The molecule has 1 aliphatic heterocycles. The fraction of sp³-hybridized carbons (Fsp3) is 0.400. The van der Waals surface area contributed by atoms with Gasteiger partial charge < -0.3 is 10.2 Å². The molecule has 0 bridgehead atoms. The number of hydrogen-bond acceptors (Lipinski definition) is 1. The van der Waals surface area contributed by atoms with Crippen LogP contribution in [0.2, 0.25) is 0 Å². The van der Waals surface area contributed by atoms with Crippen molar-refractivity contribution in [3.8, 4) is 0 Å². The number of benzene rings is 1. The van der Waals surface area contributed by atoms with Crippen LogP contribution in [0.15, 0.2) is 36.4 Å². The predicted octanol–water partition coefficient (Wildman–Crippen LogP) is 0.493. The van der Waals surface area contributed by atoms with Gasteiger partial charge in [0.25, 0.3) is 5.91 Å². The second kappa shape index (κ2) is 5.83. The third kappa shape index (κ3) is 2.79. The van der Waals surface area contributed by atoms with Crippen LogP contribution in [0.5, 0.6) is 0 Å². The monoisotopic (exact) mass is 245 g/mol. The number of hydrogen-bond donors (Lipinski definition) is 2. The van der Waals surface area contributed by atoms with Gasteiger partial charge in [-0.2, -0.15) is 0 Å². The molecule has 2 atom stereocenters. The standard InChI is InChI=1S/C15H20N2O/c1-12(15(18)16-2)17-10-8-14(9-11-17)13-6-4-3-5-7-13/h3-8,12H,9-11H2,1-2H3,(H,16,18)/p+1/t12-/m1/s1. The average molecular weight is 245 g/mol. The molecule has 3 nitrogen and oxygen atoms in total. The number of carbonyl (C=O) groups is 1. The fourth-order valence-corrected chi connectivity index (χ4v) is 2.46. The molecular weight excluding hydrogens is 224 g/mol. The molecule has 0 aliphatic carbocycles. The van der Waals surface area contributed by atoms with Crippen LogP contribution < -0.4 is 10.2 Å². The number of rotatable bonds is 3. The van der Waals surface area contributed by atoms with E-state index >= 15 is 0 Å². The molecule has 0 radical (unpaired) electrons. The third-order valence-corrected chi connectivity index (χ3v) is 3.72. The van der Waals surface area contributed by atoms with Crippen LogP contribution in [0.3, 0.4) is 0 Å². The molecule has 2 N–H and O–H groups in total. The van der Waals surface area contributed by atoms with Crippen molar-refractivity contribution in [3.63, 3.8) is 0 Å². The summed E-state index contributed by atoms with van der Waals surface area (Å²) >= 11 is 0. The maximum Gasteiger partial charge on any atom is 0.277 e. The summed E-state index contributed by atoms with van der Waals surface area (Å²) in [6.07, 6.45) is 3.31. The SMILES string of the molecule is CNC(=O)[C@@H](C)[NH+]1CC=C(c2ccccc2)CC1. The van der Waals surface area contributed by atoms with Gasteiger partial charge in [-0.15, -0.1) is 0 Å². The van der Waals surface area contributed by atoms with Crippen LogP contribution in [0.25, 0.3) is 5.57 Å². The minimum absolute atomic E-state index is 0.0311. The summed E-state index contributed by atoms with van der Waals surface area (Å²) in [4.78, 5) is 13.0. The summed E-state index contributed by atoms with van der Waals surface area (Å²) in [5, 5.41) is 2.72. The van der Waals surface area contributed by atoms with Gasteiger partial charge in [0.05, 0.1) is 13.1 Å². The zero-order valence-electron chi connectivity index (χ0n) is 11.1. The van der Waals surface area contributed by atoms with Crippen molar-refractivity contribution in [2.24, 2.45) is 0 Å². The molecule has 1 aromatic carbocycles. The Labute approximate surface area is 108 Å². The van der Waals surface area contributed by atoms with Crippen LogP contribution in [0.4, 0.5) is 0 Å². The van der Waals surface area contributed by atoms with Crippen molar-refractivity contribution in [2.45, 2.75) is 19.4 Å². The average Bonchev–Trinajstić information content (AvgIpc) is 2.47. The highest BCUT2D eigenvalue weighted by molar-refractivity contribution is 5.79. The highest BCUT2D eigenvalue weighted by Gasteiger charge is 2.25. The molecule has 96 valence electrons. The van der Waals surface area contributed by atoms with Gasteiger partial charge in [-0.3, -0.25) is 4.79 Å². The fourth-order valence-electron chi connectivity index (χ4n) is 2.46. The van der Waals surface area contributed by atoms with Crippen molar-refractivity contribution in [3.05, 3.63) is 42.0 Å². The van der Waals surface area contributed by atoms with Gasteiger partial charge in [0.15, 0.2) is 6.04 Å². The topological polar surface area (TPSA) is 33.5 Å². The second-order valence-electron chi connectivity index (χ2n) is 4.79. The highest BCUT2D eigenvalue weighted by Crippen LogP contribution is 2.17. The van der Waals surface area contributed by atoms with Crippen molar-refractivity contribution in [2.75, 3.05) is 20.1 Å². The lowest BCUT2D eigenvalue weighted by atomic mass is 9.99. The smallest absolute Gasteiger partial charge is 0.277 e. The molecule has 1 aromatic rings. The number of nitrogens with one attached hydrogen (secondary N) is 2. The first-order valence-electron chi connectivity index (χ1n) is 6.53. The Morgan fingerprint density at radius 1 is 1.33 bits per heavy atom. The molecule has 0 saturated carbocycles. The summed E-state index contributed by atoms with van der Waals surface area (Å²) < 4.78 is 0. The number of quaternary nitrogens is 1. The lowest BCUT2D eigenvalue weighted by Crippen LogP contribution is -3.17. The summed E-state index contributed by atoms with van der Waals surface area (Å²) in [7, 11) is 1.70. The Balaban J connectivity index is 2.02. The Morgan fingerprint density at radius 2 is 2.06 bits per heavy atom. The molecule has 0 aromatic heterocycles. The summed E-state index contributed by atoms with van der Waals surface area (Å²) in [5.74, 6) is 0.126.